The van der Waals surface area contributed by atoms with Gasteiger partial charge in [-0.25, -0.2) is 4.39 Å². The van der Waals surface area contributed by atoms with Crippen LogP contribution in [0.2, 0.25) is 0 Å². The number of halogens is 1. The second-order valence-corrected chi connectivity index (χ2v) is 2.24. The third kappa shape index (κ3) is 2.05. The average molecular weight is 149 g/mol. The Morgan fingerprint density at radius 2 is 2.00 bits per heavy atom. The van der Waals surface area contributed by atoms with Crippen molar-refractivity contribution in [3.8, 4) is 6.07 Å². The standard InChI is InChI=1S/C9H8FN/c10-9(6-7-11)8-4-2-1-3-5-8/h1-5,9H,6H2. The van der Waals surface area contributed by atoms with Gasteiger partial charge in [-0.2, -0.15) is 5.26 Å². The molecule has 0 amide bonds. The van der Waals surface area contributed by atoms with Gasteiger partial charge in [0, 0.05) is 0 Å². The van der Waals surface area contributed by atoms with E-state index in [0.717, 1.165) is 0 Å². The number of hydrogen-bond acceptors (Lipinski definition) is 1. The predicted molar refractivity (Wildman–Crippen MR) is 40.5 cm³/mol. The Morgan fingerprint density at radius 1 is 1.36 bits per heavy atom. The Bertz CT molecular complexity index is 250. The summed E-state index contributed by atoms with van der Waals surface area (Å²) in [6.07, 6.45) is -1.20. The van der Waals surface area contributed by atoms with Gasteiger partial charge >= 0.3 is 0 Å². The summed E-state index contributed by atoms with van der Waals surface area (Å²) in [5.74, 6) is 0. The monoisotopic (exact) mass is 149 g/mol. The highest BCUT2D eigenvalue weighted by atomic mass is 19.1. The summed E-state index contributed by atoms with van der Waals surface area (Å²) in [5, 5.41) is 8.21. The molecule has 1 atom stereocenters. The molecular formula is C9H8FN. The molecule has 0 aliphatic rings. The zero-order chi connectivity index (χ0) is 8.10. The normalized spacial score (nSPS) is 12.0. The van der Waals surface area contributed by atoms with Gasteiger partial charge in [0.2, 0.25) is 0 Å². The van der Waals surface area contributed by atoms with Crippen molar-refractivity contribution in [2.75, 3.05) is 0 Å². The highest BCUT2D eigenvalue weighted by Crippen LogP contribution is 2.19. The van der Waals surface area contributed by atoms with E-state index in [2.05, 4.69) is 0 Å². The Kier molecular flexibility index (Phi) is 2.62. The minimum absolute atomic E-state index is 0.0655. The fourth-order valence-electron chi connectivity index (χ4n) is 0.860. The third-order valence-electron chi connectivity index (χ3n) is 1.43. The van der Waals surface area contributed by atoms with Gasteiger partial charge in [0.1, 0.15) is 6.17 Å². The number of alkyl halides is 1. The molecule has 0 saturated carbocycles. The summed E-state index contributed by atoms with van der Waals surface area (Å²) in [6.45, 7) is 0. The fraction of sp³-hybridized carbons (Fsp3) is 0.222. The Morgan fingerprint density at radius 3 is 2.55 bits per heavy atom. The molecule has 0 fully saturated rings. The Labute approximate surface area is 65.1 Å². The van der Waals surface area contributed by atoms with Crippen LogP contribution >= 0.6 is 0 Å². The Hall–Kier alpha value is -1.36. The average Bonchev–Trinajstić information content (AvgIpc) is 2.07. The molecule has 56 valence electrons. The zero-order valence-corrected chi connectivity index (χ0v) is 6.00. The summed E-state index contributed by atoms with van der Waals surface area (Å²) >= 11 is 0. The van der Waals surface area contributed by atoms with E-state index in [4.69, 9.17) is 5.26 Å². The summed E-state index contributed by atoms with van der Waals surface area (Å²) < 4.78 is 12.9. The number of hydrogen-bond donors (Lipinski definition) is 0. The molecule has 0 aromatic heterocycles. The molecular weight excluding hydrogens is 141 g/mol. The minimum Gasteiger partial charge on any atom is -0.241 e. The van der Waals surface area contributed by atoms with Crippen molar-refractivity contribution >= 4 is 0 Å². The molecule has 0 aliphatic heterocycles. The predicted octanol–water partition coefficient (Wildman–Crippen LogP) is 2.61. The second-order valence-electron chi connectivity index (χ2n) is 2.24. The fourth-order valence-corrected chi connectivity index (χ4v) is 0.860. The van der Waals surface area contributed by atoms with Gasteiger partial charge in [0.05, 0.1) is 12.5 Å². The highest BCUT2D eigenvalue weighted by molar-refractivity contribution is 5.18. The molecule has 0 saturated heterocycles. The van der Waals surface area contributed by atoms with Crippen LogP contribution in [0.1, 0.15) is 18.2 Å². The number of benzene rings is 1. The summed E-state index contributed by atoms with van der Waals surface area (Å²) in [5.41, 5.74) is 0.578. The molecule has 1 unspecified atom stereocenters. The third-order valence-corrected chi connectivity index (χ3v) is 1.43. The van der Waals surface area contributed by atoms with Crippen LogP contribution in [0.15, 0.2) is 30.3 Å². The lowest BCUT2D eigenvalue weighted by atomic mass is 10.1. The van der Waals surface area contributed by atoms with Crippen LogP contribution in [0.5, 0.6) is 0 Å². The van der Waals surface area contributed by atoms with Gasteiger partial charge < -0.3 is 0 Å². The van der Waals surface area contributed by atoms with Crippen molar-refractivity contribution in [1.29, 1.82) is 5.26 Å². The molecule has 1 nitrogen and oxygen atoms in total. The van der Waals surface area contributed by atoms with Crippen molar-refractivity contribution in [2.45, 2.75) is 12.6 Å². The SMILES string of the molecule is N#CCC(F)c1ccccc1. The van der Waals surface area contributed by atoms with Gasteiger partial charge in [-0.05, 0) is 5.56 Å². The van der Waals surface area contributed by atoms with Crippen LogP contribution in [0.3, 0.4) is 0 Å². The van der Waals surface area contributed by atoms with E-state index in [0.29, 0.717) is 5.56 Å². The lowest BCUT2D eigenvalue weighted by Gasteiger charge is -2.01. The molecule has 2 heteroatoms. The van der Waals surface area contributed by atoms with Crippen molar-refractivity contribution in [2.24, 2.45) is 0 Å². The van der Waals surface area contributed by atoms with Gasteiger partial charge in [-0.1, -0.05) is 30.3 Å². The van der Waals surface area contributed by atoms with E-state index >= 15 is 0 Å². The first-order valence-corrected chi connectivity index (χ1v) is 3.40. The minimum atomic E-state index is -1.14. The topological polar surface area (TPSA) is 23.8 Å². The van der Waals surface area contributed by atoms with Gasteiger partial charge in [0.15, 0.2) is 0 Å². The molecule has 0 heterocycles. The zero-order valence-electron chi connectivity index (χ0n) is 6.00. The van der Waals surface area contributed by atoms with Gasteiger partial charge in [0.25, 0.3) is 0 Å². The van der Waals surface area contributed by atoms with Crippen molar-refractivity contribution in [3.05, 3.63) is 35.9 Å². The smallest absolute Gasteiger partial charge is 0.138 e. The Balaban J connectivity index is 2.70. The molecule has 1 aromatic carbocycles. The molecule has 0 spiro atoms. The van der Waals surface area contributed by atoms with Crippen molar-refractivity contribution < 1.29 is 4.39 Å². The molecule has 11 heavy (non-hydrogen) atoms. The maximum Gasteiger partial charge on any atom is 0.138 e. The molecule has 0 N–H and O–H groups in total. The van der Waals surface area contributed by atoms with E-state index in [9.17, 15) is 4.39 Å². The van der Waals surface area contributed by atoms with Crippen LogP contribution in [-0.2, 0) is 0 Å². The lowest BCUT2D eigenvalue weighted by molar-refractivity contribution is 0.350. The van der Waals surface area contributed by atoms with E-state index < -0.39 is 6.17 Å². The second kappa shape index (κ2) is 3.72. The van der Waals surface area contributed by atoms with Crippen molar-refractivity contribution in [1.82, 2.24) is 0 Å². The van der Waals surface area contributed by atoms with E-state index in [1.807, 2.05) is 6.07 Å². The maximum absolute atomic E-state index is 12.9. The van der Waals surface area contributed by atoms with E-state index in [1.54, 1.807) is 30.3 Å². The van der Waals surface area contributed by atoms with Crippen LogP contribution in [0.25, 0.3) is 0 Å². The summed E-state index contributed by atoms with van der Waals surface area (Å²) in [4.78, 5) is 0. The first-order chi connectivity index (χ1) is 5.34. The first kappa shape index (κ1) is 7.74. The molecule has 0 bridgehead atoms. The van der Waals surface area contributed by atoms with E-state index in [-0.39, 0.29) is 6.42 Å². The van der Waals surface area contributed by atoms with Crippen LogP contribution in [-0.4, -0.2) is 0 Å². The number of nitriles is 1. The first-order valence-electron chi connectivity index (χ1n) is 3.40. The molecule has 1 aromatic rings. The number of rotatable bonds is 2. The molecule has 0 radical (unpaired) electrons. The number of nitrogens with zero attached hydrogens (tertiary/aromatic N) is 1. The van der Waals surface area contributed by atoms with Crippen LogP contribution in [0.4, 0.5) is 4.39 Å². The molecule has 0 aliphatic carbocycles. The lowest BCUT2D eigenvalue weighted by Crippen LogP contribution is -1.88. The summed E-state index contributed by atoms with van der Waals surface area (Å²) in [6, 6.07) is 10.5. The van der Waals surface area contributed by atoms with Crippen LogP contribution < -0.4 is 0 Å². The summed E-state index contributed by atoms with van der Waals surface area (Å²) in [7, 11) is 0. The quantitative estimate of drug-likeness (QED) is 0.634. The maximum atomic E-state index is 12.9. The largest absolute Gasteiger partial charge is 0.241 e. The van der Waals surface area contributed by atoms with E-state index in [1.165, 1.54) is 0 Å². The van der Waals surface area contributed by atoms with Crippen molar-refractivity contribution in [3.63, 3.8) is 0 Å². The van der Waals surface area contributed by atoms with Crippen LogP contribution in [0, 0.1) is 11.3 Å². The molecule has 1 rings (SSSR count). The van der Waals surface area contributed by atoms with Gasteiger partial charge in [-0.3, -0.25) is 0 Å². The van der Waals surface area contributed by atoms with Gasteiger partial charge in [-0.15, -0.1) is 0 Å². The highest BCUT2D eigenvalue weighted by Gasteiger charge is 2.06.